The summed E-state index contributed by atoms with van der Waals surface area (Å²) in [5.74, 6) is -0.289. The number of alkyl halides is 2. The fourth-order valence-corrected chi connectivity index (χ4v) is 2.79. The Balaban J connectivity index is 3.00. The van der Waals surface area contributed by atoms with Crippen molar-refractivity contribution in [1.29, 1.82) is 0 Å². The van der Waals surface area contributed by atoms with Crippen molar-refractivity contribution in [2.24, 2.45) is 5.73 Å². The van der Waals surface area contributed by atoms with Crippen LogP contribution in [0.15, 0.2) is 23.1 Å². The third-order valence-corrected chi connectivity index (χ3v) is 4.02. The zero-order valence-corrected chi connectivity index (χ0v) is 11.5. The van der Waals surface area contributed by atoms with Gasteiger partial charge in [-0.1, -0.05) is 11.6 Å². The van der Waals surface area contributed by atoms with Gasteiger partial charge in [0.25, 0.3) is 0 Å². The molecule has 0 amide bonds. The van der Waals surface area contributed by atoms with Crippen LogP contribution >= 0.6 is 11.6 Å². The molecule has 0 fully saturated rings. The van der Waals surface area contributed by atoms with Gasteiger partial charge in [0.1, 0.15) is 5.75 Å². The fourth-order valence-electron chi connectivity index (χ4n) is 1.22. The van der Waals surface area contributed by atoms with Crippen LogP contribution in [-0.2, 0) is 10.0 Å². The average Bonchev–Trinajstić information content (AvgIpc) is 2.30. The van der Waals surface area contributed by atoms with E-state index in [2.05, 4.69) is 9.46 Å². The summed E-state index contributed by atoms with van der Waals surface area (Å²) < 4.78 is 54.2. The molecule has 9 heteroatoms. The van der Waals surface area contributed by atoms with Crippen LogP contribution in [0.25, 0.3) is 0 Å². The number of benzene rings is 1. The van der Waals surface area contributed by atoms with Gasteiger partial charge in [-0.3, -0.25) is 0 Å². The van der Waals surface area contributed by atoms with Crippen molar-refractivity contribution in [3.63, 3.8) is 0 Å². The van der Waals surface area contributed by atoms with Crippen molar-refractivity contribution in [3.05, 3.63) is 23.2 Å². The van der Waals surface area contributed by atoms with Crippen LogP contribution in [0.5, 0.6) is 5.75 Å². The molecule has 1 atom stereocenters. The summed E-state index contributed by atoms with van der Waals surface area (Å²) in [5.41, 5.74) is 5.31. The molecule has 19 heavy (non-hydrogen) atoms. The van der Waals surface area contributed by atoms with Gasteiger partial charge in [-0.05, 0) is 25.1 Å². The summed E-state index contributed by atoms with van der Waals surface area (Å²) >= 11 is 5.67. The van der Waals surface area contributed by atoms with E-state index in [-0.39, 0.29) is 22.2 Å². The Morgan fingerprint density at radius 1 is 1.47 bits per heavy atom. The van der Waals surface area contributed by atoms with E-state index in [0.717, 1.165) is 18.2 Å². The maximum Gasteiger partial charge on any atom is 0.387 e. The lowest BCUT2D eigenvalue weighted by molar-refractivity contribution is -0.0498. The highest BCUT2D eigenvalue weighted by molar-refractivity contribution is 7.89. The minimum Gasteiger partial charge on any atom is -0.433 e. The minimum absolute atomic E-state index is 0.125. The molecule has 0 aromatic heterocycles. The van der Waals surface area contributed by atoms with Crippen LogP contribution in [0.4, 0.5) is 8.78 Å². The van der Waals surface area contributed by atoms with Gasteiger partial charge in [0, 0.05) is 12.6 Å². The van der Waals surface area contributed by atoms with Gasteiger partial charge >= 0.3 is 6.61 Å². The molecular formula is C10H13ClF2N2O3S. The van der Waals surface area contributed by atoms with Gasteiger partial charge in [-0.15, -0.1) is 0 Å². The normalized spacial score (nSPS) is 13.6. The van der Waals surface area contributed by atoms with Crippen LogP contribution in [0.1, 0.15) is 6.92 Å². The van der Waals surface area contributed by atoms with Crippen molar-refractivity contribution in [1.82, 2.24) is 4.72 Å². The molecule has 1 aromatic rings. The highest BCUT2D eigenvalue weighted by Crippen LogP contribution is 2.28. The number of nitrogens with one attached hydrogen (secondary N) is 1. The molecule has 0 saturated carbocycles. The summed E-state index contributed by atoms with van der Waals surface area (Å²) in [4.78, 5) is -0.153. The number of halogens is 3. The average molecular weight is 315 g/mol. The third kappa shape index (κ3) is 4.57. The zero-order chi connectivity index (χ0) is 14.6. The van der Waals surface area contributed by atoms with E-state index in [1.807, 2.05) is 0 Å². The molecule has 0 bridgehead atoms. The van der Waals surface area contributed by atoms with Crippen molar-refractivity contribution < 1.29 is 21.9 Å². The molecule has 3 N–H and O–H groups in total. The van der Waals surface area contributed by atoms with E-state index in [1.165, 1.54) is 0 Å². The molecule has 108 valence electrons. The summed E-state index contributed by atoms with van der Waals surface area (Å²) in [6, 6.07) is 2.76. The summed E-state index contributed by atoms with van der Waals surface area (Å²) in [7, 11) is -3.80. The second kappa shape index (κ2) is 6.47. The number of hydrogen-bond donors (Lipinski definition) is 2. The van der Waals surface area contributed by atoms with Crippen LogP contribution in [0, 0.1) is 0 Å². The van der Waals surface area contributed by atoms with Gasteiger partial charge in [-0.2, -0.15) is 8.78 Å². The standard InChI is InChI=1S/C10H13ClF2N2O3S/c1-6(5-14)15-19(16,17)7-2-3-9(8(11)4-7)18-10(12)13/h2-4,6,10,15H,5,14H2,1H3/t6-/m1/s1. The first-order valence-electron chi connectivity index (χ1n) is 5.23. The monoisotopic (exact) mass is 314 g/mol. The molecule has 0 spiro atoms. The van der Waals surface area contributed by atoms with E-state index in [9.17, 15) is 17.2 Å². The first-order chi connectivity index (χ1) is 8.76. The number of ether oxygens (including phenoxy) is 1. The first kappa shape index (κ1) is 16.1. The van der Waals surface area contributed by atoms with Crippen LogP contribution in [-0.4, -0.2) is 27.6 Å². The lowest BCUT2D eigenvalue weighted by atomic mass is 10.3. The predicted octanol–water partition coefficient (Wildman–Crippen LogP) is 1.57. The molecule has 0 radical (unpaired) electrons. The summed E-state index contributed by atoms with van der Waals surface area (Å²) in [6.45, 7) is -1.32. The topological polar surface area (TPSA) is 81.4 Å². The molecule has 1 aromatic carbocycles. The second-order valence-electron chi connectivity index (χ2n) is 3.73. The highest BCUT2D eigenvalue weighted by atomic mass is 35.5. The molecule has 0 aliphatic carbocycles. The Bertz CT molecular complexity index is 540. The van der Waals surface area contributed by atoms with Gasteiger partial charge in [0.05, 0.1) is 9.92 Å². The zero-order valence-electron chi connectivity index (χ0n) is 9.94. The van der Waals surface area contributed by atoms with Gasteiger partial charge in [0.15, 0.2) is 0 Å². The third-order valence-electron chi connectivity index (χ3n) is 2.14. The molecule has 0 aliphatic rings. The molecule has 1 rings (SSSR count). The number of hydrogen-bond acceptors (Lipinski definition) is 4. The molecule has 5 nitrogen and oxygen atoms in total. The Morgan fingerprint density at radius 3 is 2.58 bits per heavy atom. The Kier molecular flexibility index (Phi) is 5.48. The van der Waals surface area contributed by atoms with Crippen LogP contribution in [0.3, 0.4) is 0 Å². The minimum atomic E-state index is -3.80. The van der Waals surface area contributed by atoms with Crippen LogP contribution < -0.4 is 15.2 Å². The number of sulfonamides is 1. The SMILES string of the molecule is C[C@H](CN)NS(=O)(=O)c1ccc(OC(F)F)c(Cl)c1. The van der Waals surface area contributed by atoms with E-state index < -0.39 is 22.7 Å². The van der Waals surface area contributed by atoms with Crippen molar-refractivity contribution in [3.8, 4) is 5.75 Å². The van der Waals surface area contributed by atoms with Crippen molar-refractivity contribution in [2.45, 2.75) is 24.5 Å². The smallest absolute Gasteiger partial charge is 0.387 e. The molecule has 0 saturated heterocycles. The number of nitrogens with two attached hydrogens (primary N) is 1. The van der Waals surface area contributed by atoms with Gasteiger partial charge in [-0.25, -0.2) is 13.1 Å². The van der Waals surface area contributed by atoms with Crippen molar-refractivity contribution in [2.75, 3.05) is 6.54 Å². The molecular weight excluding hydrogens is 302 g/mol. The van der Waals surface area contributed by atoms with Gasteiger partial charge < -0.3 is 10.5 Å². The second-order valence-corrected chi connectivity index (χ2v) is 5.85. The quantitative estimate of drug-likeness (QED) is 0.835. The largest absolute Gasteiger partial charge is 0.433 e. The maximum atomic E-state index is 12.0. The van der Waals surface area contributed by atoms with Gasteiger partial charge in [0.2, 0.25) is 10.0 Å². The first-order valence-corrected chi connectivity index (χ1v) is 7.09. The summed E-state index contributed by atoms with van der Waals surface area (Å²) in [6.07, 6.45) is 0. The van der Waals surface area contributed by atoms with E-state index in [1.54, 1.807) is 6.92 Å². The Hall–Kier alpha value is -0.960. The number of rotatable bonds is 6. The fraction of sp³-hybridized carbons (Fsp3) is 0.400. The molecule has 0 heterocycles. The Morgan fingerprint density at radius 2 is 2.11 bits per heavy atom. The van der Waals surface area contributed by atoms with E-state index in [0.29, 0.717) is 0 Å². The van der Waals surface area contributed by atoms with Crippen LogP contribution in [0.2, 0.25) is 5.02 Å². The maximum absolute atomic E-state index is 12.0. The van der Waals surface area contributed by atoms with Crippen molar-refractivity contribution >= 4 is 21.6 Å². The van der Waals surface area contributed by atoms with E-state index >= 15 is 0 Å². The lowest BCUT2D eigenvalue weighted by Crippen LogP contribution is -2.37. The highest BCUT2D eigenvalue weighted by Gasteiger charge is 2.19. The Labute approximate surface area is 114 Å². The summed E-state index contributed by atoms with van der Waals surface area (Å²) in [5, 5.41) is -0.219. The molecule has 0 unspecified atom stereocenters. The predicted molar refractivity (Wildman–Crippen MR) is 66.9 cm³/mol. The van der Waals surface area contributed by atoms with E-state index in [4.69, 9.17) is 17.3 Å². The lowest BCUT2D eigenvalue weighted by Gasteiger charge is -2.13. The molecule has 0 aliphatic heterocycles.